The van der Waals surface area contributed by atoms with Crippen molar-refractivity contribution in [1.29, 1.82) is 0 Å². The molecule has 0 atom stereocenters. The van der Waals surface area contributed by atoms with Gasteiger partial charge in [0.1, 0.15) is 11.5 Å². The molecule has 2 heteroatoms. The van der Waals surface area contributed by atoms with Crippen LogP contribution in [0, 0.1) is 5.92 Å². The van der Waals surface area contributed by atoms with Crippen molar-refractivity contribution in [2.75, 3.05) is 0 Å². The summed E-state index contributed by atoms with van der Waals surface area (Å²) in [7, 11) is 0. The molecule has 1 aliphatic carbocycles. The Labute approximate surface area is 136 Å². The molecule has 0 saturated heterocycles. The molecule has 2 aromatic rings. The van der Waals surface area contributed by atoms with Crippen molar-refractivity contribution in [2.45, 2.75) is 13.3 Å². The molecule has 2 N–H and O–H groups in total. The summed E-state index contributed by atoms with van der Waals surface area (Å²) in [4.78, 5) is 0. The third-order valence-electron chi connectivity index (χ3n) is 4.16. The van der Waals surface area contributed by atoms with Crippen molar-refractivity contribution < 1.29 is 10.2 Å². The van der Waals surface area contributed by atoms with Gasteiger partial charge in [-0.15, -0.1) is 0 Å². The number of allylic oxidation sites excluding steroid dienone is 5. The molecular weight excluding hydrogens is 284 g/mol. The van der Waals surface area contributed by atoms with Gasteiger partial charge in [0.05, 0.1) is 0 Å². The minimum absolute atomic E-state index is 0.262. The molecule has 0 aromatic heterocycles. The van der Waals surface area contributed by atoms with Crippen LogP contribution in [0.2, 0.25) is 0 Å². The molecule has 0 aliphatic heterocycles. The molecule has 0 saturated carbocycles. The summed E-state index contributed by atoms with van der Waals surface area (Å²) in [5.41, 5.74) is 4.62. The highest BCUT2D eigenvalue weighted by atomic mass is 16.3. The van der Waals surface area contributed by atoms with Gasteiger partial charge in [0, 0.05) is 5.92 Å². The molecule has 116 valence electrons. The molecule has 2 nitrogen and oxygen atoms in total. The Morgan fingerprint density at radius 3 is 1.61 bits per heavy atom. The third kappa shape index (κ3) is 3.21. The maximum Gasteiger partial charge on any atom is 0.115 e. The van der Waals surface area contributed by atoms with Crippen molar-refractivity contribution in [3.05, 3.63) is 89.5 Å². The molecular formula is C21H20O2. The molecule has 0 spiro atoms. The van der Waals surface area contributed by atoms with Gasteiger partial charge >= 0.3 is 0 Å². The molecule has 0 fully saturated rings. The first-order valence-corrected chi connectivity index (χ1v) is 7.86. The first-order chi connectivity index (χ1) is 11.2. The van der Waals surface area contributed by atoms with Crippen LogP contribution in [0.25, 0.3) is 5.57 Å². The highest BCUT2D eigenvalue weighted by Crippen LogP contribution is 2.35. The van der Waals surface area contributed by atoms with E-state index in [-0.39, 0.29) is 17.4 Å². The molecule has 2 aromatic carbocycles. The first kappa shape index (κ1) is 15.2. The van der Waals surface area contributed by atoms with Crippen LogP contribution in [0.15, 0.2) is 78.4 Å². The van der Waals surface area contributed by atoms with E-state index in [2.05, 4.69) is 31.2 Å². The van der Waals surface area contributed by atoms with Gasteiger partial charge in [0.15, 0.2) is 0 Å². The highest BCUT2D eigenvalue weighted by Gasteiger charge is 2.17. The fourth-order valence-electron chi connectivity index (χ4n) is 3.04. The molecule has 0 amide bonds. The second kappa shape index (κ2) is 6.57. The van der Waals surface area contributed by atoms with Gasteiger partial charge in [-0.3, -0.25) is 0 Å². The van der Waals surface area contributed by atoms with Crippen LogP contribution < -0.4 is 0 Å². The second-order valence-corrected chi connectivity index (χ2v) is 5.64. The molecule has 0 unspecified atom stereocenters. The van der Waals surface area contributed by atoms with Gasteiger partial charge in [0.25, 0.3) is 0 Å². The van der Waals surface area contributed by atoms with Crippen molar-refractivity contribution in [3.8, 4) is 11.5 Å². The quantitative estimate of drug-likeness (QED) is 0.829. The molecule has 0 heterocycles. The van der Waals surface area contributed by atoms with Crippen LogP contribution >= 0.6 is 0 Å². The maximum absolute atomic E-state index is 9.58. The third-order valence-corrected chi connectivity index (χ3v) is 4.16. The lowest BCUT2D eigenvalue weighted by atomic mass is 9.85. The monoisotopic (exact) mass is 304 g/mol. The van der Waals surface area contributed by atoms with E-state index in [0.717, 1.165) is 23.1 Å². The largest absolute Gasteiger partial charge is 0.508 e. The lowest BCUT2D eigenvalue weighted by Crippen LogP contribution is -2.01. The fraction of sp³-hybridized carbons (Fsp3) is 0.143. The van der Waals surface area contributed by atoms with E-state index in [0.29, 0.717) is 0 Å². The standard InChI is InChI=1S/C21H20O2/c1-2-20(15-5-3-4-6-15)21(16-7-11-18(22)12-8-16)17-9-13-19(23)14-10-17/h3-15,22-23H,2H2,1H3. The van der Waals surface area contributed by atoms with Crippen LogP contribution in [0.1, 0.15) is 24.5 Å². The van der Waals surface area contributed by atoms with Gasteiger partial charge in [-0.1, -0.05) is 61.1 Å². The van der Waals surface area contributed by atoms with E-state index in [9.17, 15) is 10.2 Å². The SMILES string of the molecule is CCC(=C(c1ccc(O)cc1)c1ccc(O)cc1)C1C=CC=C1. The summed E-state index contributed by atoms with van der Waals surface area (Å²) in [6.45, 7) is 2.16. The van der Waals surface area contributed by atoms with E-state index in [4.69, 9.17) is 0 Å². The van der Waals surface area contributed by atoms with Crippen molar-refractivity contribution in [1.82, 2.24) is 0 Å². The average Bonchev–Trinajstić information content (AvgIpc) is 3.09. The molecule has 0 radical (unpaired) electrons. The number of benzene rings is 2. The predicted molar refractivity (Wildman–Crippen MR) is 94.3 cm³/mol. The lowest BCUT2D eigenvalue weighted by Gasteiger charge is -2.19. The number of rotatable bonds is 4. The van der Waals surface area contributed by atoms with E-state index in [1.165, 1.54) is 5.57 Å². The Morgan fingerprint density at radius 2 is 1.22 bits per heavy atom. The number of hydrogen-bond acceptors (Lipinski definition) is 2. The summed E-state index contributed by atoms with van der Waals surface area (Å²) in [6, 6.07) is 14.6. The van der Waals surface area contributed by atoms with Crippen LogP contribution in [-0.2, 0) is 0 Å². The summed E-state index contributed by atoms with van der Waals surface area (Å²) in [5, 5.41) is 19.2. The van der Waals surface area contributed by atoms with E-state index in [1.807, 2.05) is 24.3 Å². The average molecular weight is 304 g/mol. The Bertz CT molecular complexity index is 703. The zero-order valence-electron chi connectivity index (χ0n) is 13.1. The Balaban J connectivity index is 2.19. The minimum Gasteiger partial charge on any atom is -0.508 e. The number of phenols is 2. The molecule has 23 heavy (non-hydrogen) atoms. The van der Waals surface area contributed by atoms with Crippen molar-refractivity contribution in [2.24, 2.45) is 5.92 Å². The van der Waals surface area contributed by atoms with Gasteiger partial charge in [-0.2, -0.15) is 0 Å². The van der Waals surface area contributed by atoms with Crippen molar-refractivity contribution in [3.63, 3.8) is 0 Å². The number of hydrogen-bond donors (Lipinski definition) is 2. The summed E-state index contributed by atoms with van der Waals surface area (Å²) in [6.07, 6.45) is 9.47. The van der Waals surface area contributed by atoms with Crippen LogP contribution in [0.3, 0.4) is 0 Å². The smallest absolute Gasteiger partial charge is 0.115 e. The van der Waals surface area contributed by atoms with Gasteiger partial charge < -0.3 is 10.2 Å². The Kier molecular flexibility index (Phi) is 4.33. The molecule has 3 rings (SSSR count). The highest BCUT2D eigenvalue weighted by molar-refractivity contribution is 5.83. The van der Waals surface area contributed by atoms with E-state index in [1.54, 1.807) is 24.3 Å². The lowest BCUT2D eigenvalue weighted by molar-refractivity contribution is 0.475. The zero-order chi connectivity index (χ0) is 16.2. The number of aromatic hydroxyl groups is 2. The van der Waals surface area contributed by atoms with Gasteiger partial charge in [0.2, 0.25) is 0 Å². The summed E-state index contributed by atoms with van der Waals surface area (Å²) in [5.74, 6) is 0.813. The second-order valence-electron chi connectivity index (χ2n) is 5.64. The topological polar surface area (TPSA) is 40.5 Å². The Hall–Kier alpha value is -2.74. The minimum atomic E-state index is 0.262. The first-order valence-electron chi connectivity index (χ1n) is 7.86. The summed E-state index contributed by atoms with van der Waals surface area (Å²) < 4.78 is 0. The van der Waals surface area contributed by atoms with E-state index < -0.39 is 0 Å². The van der Waals surface area contributed by atoms with Crippen LogP contribution in [-0.4, -0.2) is 10.2 Å². The zero-order valence-corrected chi connectivity index (χ0v) is 13.1. The van der Waals surface area contributed by atoms with Gasteiger partial charge in [-0.25, -0.2) is 0 Å². The maximum atomic E-state index is 9.58. The predicted octanol–water partition coefficient (Wildman–Crippen LogP) is 5.05. The fourth-order valence-corrected chi connectivity index (χ4v) is 3.04. The van der Waals surface area contributed by atoms with Crippen LogP contribution in [0.5, 0.6) is 11.5 Å². The van der Waals surface area contributed by atoms with Crippen LogP contribution in [0.4, 0.5) is 0 Å². The molecule has 0 bridgehead atoms. The normalized spacial score (nSPS) is 13.4. The number of phenolic OH excluding ortho intramolecular Hbond substituents is 2. The van der Waals surface area contributed by atoms with E-state index >= 15 is 0 Å². The Morgan fingerprint density at radius 1 is 0.783 bits per heavy atom. The molecule has 1 aliphatic rings. The van der Waals surface area contributed by atoms with Gasteiger partial charge in [-0.05, 0) is 47.4 Å². The van der Waals surface area contributed by atoms with Crippen molar-refractivity contribution >= 4 is 5.57 Å². The summed E-state index contributed by atoms with van der Waals surface area (Å²) >= 11 is 0.